The summed E-state index contributed by atoms with van der Waals surface area (Å²) in [6, 6.07) is 8.00. The Hall–Kier alpha value is -1.31. The van der Waals surface area contributed by atoms with Gasteiger partial charge in [0.25, 0.3) is 0 Å². The summed E-state index contributed by atoms with van der Waals surface area (Å²) in [5, 5.41) is 0. The van der Waals surface area contributed by atoms with E-state index in [1.54, 1.807) is 14.0 Å². The molecule has 92 valence electrons. The highest BCUT2D eigenvalue weighted by molar-refractivity contribution is 5.88. The van der Waals surface area contributed by atoms with E-state index in [0.717, 1.165) is 37.0 Å². The van der Waals surface area contributed by atoms with Crippen LogP contribution < -0.4 is 4.74 Å². The summed E-state index contributed by atoms with van der Waals surface area (Å²) < 4.78 is 5.16. The second kappa shape index (κ2) is 4.91. The number of ether oxygens (including phenoxy) is 1. The molecular formula is C15H20O2. The standard InChI is InChI=1S/C15H20O2/c1-12(16)15(10-4-3-5-11-15)13-6-8-14(17-2)9-7-13/h6-9H,3-5,10-11H2,1-2H3. The molecule has 0 amide bonds. The lowest BCUT2D eigenvalue weighted by Gasteiger charge is -2.35. The molecule has 0 bridgehead atoms. The van der Waals surface area contributed by atoms with E-state index in [2.05, 4.69) is 0 Å². The summed E-state index contributed by atoms with van der Waals surface area (Å²) in [4.78, 5) is 12.0. The molecular weight excluding hydrogens is 212 g/mol. The van der Waals surface area contributed by atoms with Crippen LogP contribution in [0, 0.1) is 0 Å². The Morgan fingerprint density at radius 1 is 1.12 bits per heavy atom. The average Bonchev–Trinajstić information content (AvgIpc) is 2.39. The number of methoxy groups -OCH3 is 1. The minimum Gasteiger partial charge on any atom is -0.497 e. The van der Waals surface area contributed by atoms with E-state index < -0.39 is 0 Å². The van der Waals surface area contributed by atoms with Crippen molar-refractivity contribution in [3.05, 3.63) is 29.8 Å². The fourth-order valence-corrected chi connectivity index (χ4v) is 2.91. The van der Waals surface area contributed by atoms with E-state index in [0.29, 0.717) is 5.78 Å². The molecule has 1 aromatic rings. The van der Waals surface area contributed by atoms with Gasteiger partial charge in [0.15, 0.2) is 0 Å². The number of carbonyl (C=O) groups is 1. The number of hydrogen-bond donors (Lipinski definition) is 0. The molecule has 2 nitrogen and oxygen atoms in total. The van der Waals surface area contributed by atoms with Crippen molar-refractivity contribution in [2.24, 2.45) is 0 Å². The van der Waals surface area contributed by atoms with Gasteiger partial charge in [0, 0.05) is 0 Å². The lowest BCUT2D eigenvalue weighted by Crippen LogP contribution is -2.36. The smallest absolute Gasteiger partial charge is 0.140 e. The molecule has 0 N–H and O–H groups in total. The number of Topliss-reactive ketones (excluding diaryl/α,β-unsaturated/α-hetero) is 1. The summed E-state index contributed by atoms with van der Waals surface area (Å²) in [7, 11) is 1.66. The Labute approximate surface area is 103 Å². The van der Waals surface area contributed by atoms with E-state index in [1.807, 2.05) is 24.3 Å². The summed E-state index contributed by atoms with van der Waals surface area (Å²) in [6.45, 7) is 1.73. The van der Waals surface area contributed by atoms with Crippen molar-refractivity contribution in [2.45, 2.75) is 44.4 Å². The van der Waals surface area contributed by atoms with Gasteiger partial charge in [-0.25, -0.2) is 0 Å². The molecule has 1 aromatic carbocycles. The summed E-state index contributed by atoms with van der Waals surface area (Å²) in [5.74, 6) is 1.16. The van der Waals surface area contributed by atoms with Crippen molar-refractivity contribution in [2.75, 3.05) is 7.11 Å². The summed E-state index contributed by atoms with van der Waals surface area (Å²) >= 11 is 0. The molecule has 0 aliphatic heterocycles. The van der Waals surface area contributed by atoms with Gasteiger partial charge in [-0.1, -0.05) is 31.4 Å². The van der Waals surface area contributed by atoms with Crippen molar-refractivity contribution < 1.29 is 9.53 Å². The molecule has 1 saturated carbocycles. The van der Waals surface area contributed by atoms with Gasteiger partial charge in [0.2, 0.25) is 0 Å². The van der Waals surface area contributed by atoms with Gasteiger partial charge >= 0.3 is 0 Å². The van der Waals surface area contributed by atoms with Crippen LogP contribution in [0.3, 0.4) is 0 Å². The first-order valence-electron chi connectivity index (χ1n) is 6.34. The normalized spacial score (nSPS) is 18.7. The first kappa shape index (κ1) is 12.2. The SMILES string of the molecule is COc1ccc(C2(C(C)=O)CCCCC2)cc1. The van der Waals surface area contributed by atoms with Crippen molar-refractivity contribution in [1.29, 1.82) is 0 Å². The first-order chi connectivity index (χ1) is 8.19. The fraction of sp³-hybridized carbons (Fsp3) is 0.533. The molecule has 0 spiro atoms. The largest absolute Gasteiger partial charge is 0.497 e. The fourth-order valence-electron chi connectivity index (χ4n) is 2.91. The number of carbonyl (C=O) groups excluding carboxylic acids is 1. The van der Waals surface area contributed by atoms with Crippen molar-refractivity contribution in [3.8, 4) is 5.75 Å². The molecule has 1 aliphatic carbocycles. The second-order valence-corrected chi connectivity index (χ2v) is 4.93. The van der Waals surface area contributed by atoms with Crippen LogP contribution in [0.5, 0.6) is 5.75 Å². The van der Waals surface area contributed by atoms with Crippen molar-refractivity contribution in [3.63, 3.8) is 0 Å². The number of hydrogen-bond acceptors (Lipinski definition) is 2. The van der Waals surface area contributed by atoms with Gasteiger partial charge in [0.05, 0.1) is 12.5 Å². The number of rotatable bonds is 3. The van der Waals surface area contributed by atoms with Crippen LogP contribution in [0.15, 0.2) is 24.3 Å². The highest BCUT2D eigenvalue weighted by Gasteiger charge is 2.38. The molecule has 0 saturated heterocycles. The Balaban J connectivity index is 2.34. The van der Waals surface area contributed by atoms with E-state index >= 15 is 0 Å². The highest BCUT2D eigenvalue weighted by Crippen LogP contribution is 2.40. The summed E-state index contributed by atoms with van der Waals surface area (Å²) in [6.07, 6.45) is 5.56. The van der Waals surface area contributed by atoms with Crippen LogP contribution in [0.25, 0.3) is 0 Å². The topological polar surface area (TPSA) is 26.3 Å². The Bertz CT molecular complexity index is 386. The van der Waals surface area contributed by atoms with Gasteiger partial charge in [-0.2, -0.15) is 0 Å². The van der Waals surface area contributed by atoms with Crippen LogP contribution in [-0.2, 0) is 10.2 Å². The second-order valence-electron chi connectivity index (χ2n) is 4.93. The molecule has 2 rings (SSSR count). The van der Waals surface area contributed by atoms with Gasteiger partial charge < -0.3 is 4.74 Å². The van der Waals surface area contributed by atoms with Crippen LogP contribution in [0.1, 0.15) is 44.6 Å². The third-order valence-electron chi connectivity index (χ3n) is 4.02. The van der Waals surface area contributed by atoms with Crippen LogP contribution in [0.2, 0.25) is 0 Å². The van der Waals surface area contributed by atoms with Gasteiger partial charge in [-0.05, 0) is 37.5 Å². The quantitative estimate of drug-likeness (QED) is 0.797. The van der Waals surface area contributed by atoms with Gasteiger partial charge in [-0.15, -0.1) is 0 Å². The van der Waals surface area contributed by atoms with Crippen LogP contribution in [0.4, 0.5) is 0 Å². The van der Waals surface area contributed by atoms with Crippen LogP contribution in [-0.4, -0.2) is 12.9 Å². The minimum atomic E-state index is -0.232. The molecule has 0 radical (unpaired) electrons. The zero-order chi connectivity index (χ0) is 12.3. The van der Waals surface area contributed by atoms with Crippen molar-refractivity contribution in [1.82, 2.24) is 0 Å². The van der Waals surface area contributed by atoms with Crippen molar-refractivity contribution >= 4 is 5.78 Å². The minimum absolute atomic E-state index is 0.232. The average molecular weight is 232 g/mol. The maximum atomic E-state index is 12.0. The molecule has 1 fully saturated rings. The zero-order valence-electron chi connectivity index (χ0n) is 10.7. The maximum absolute atomic E-state index is 12.0. The molecule has 2 heteroatoms. The van der Waals surface area contributed by atoms with Gasteiger partial charge in [0.1, 0.15) is 11.5 Å². The molecule has 0 aromatic heterocycles. The molecule has 0 heterocycles. The Kier molecular flexibility index (Phi) is 3.51. The molecule has 1 aliphatic rings. The predicted molar refractivity (Wildman–Crippen MR) is 68.4 cm³/mol. The third-order valence-corrected chi connectivity index (χ3v) is 4.02. The molecule has 0 unspecified atom stereocenters. The van der Waals surface area contributed by atoms with E-state index in [4.69, 9.17) is 4.74 Å². The van der Waals surface area contributed by atoms with E-state index in [-0.39, 0.29) is 5.41 Å². The summed E-state index contributed by atoms with van der Waals surface area (Å²) in [5.41, 5.74) is 0.926. The Morgan fingerprint density at radius 3 is 2.18 bits per heavy atom. The van der Waals surface area contributed by atoms with E-state index in [9.17, 15) is 4.79 Å². The highest BCUT2D eigenvalue weighted by atomic mass is 16.5. The Morgan fingerprint density at radius 2 is 1.71 bits per heavy atom. The predicted octanol–water partition coefficient (Wildman–Crippen LogP) is 3.49. The maximum Gasteiger partial charge on any atom is 0.140 e. The van der Waals surface area contributed by atoms with Gasteiger partial charge in [-0.3, -0.25) is 4.79 Å². The first-order valence-corrected chi connectivity index (χ1v) is 6.34. The molecule has 0 atom stereocenters. The number of benzene rings is 1. The molecule has 17 heavy (non-hydrogen) atoms. The third kappa shape index (κ3) is 2.21. The van der Waals surface area contributed by atoms with Crippen LogP contribution >= 0.6 is 0 Å². The number of ketones is 1. The lowest BCUT2D eigenvalue weighted by molar-refractivity contribution is -0.123. The zero-order valence-corrected chi connectivity index (χ0v) is 10.7. The monoisotopic (exact) mass is 232 g/mol. The van der Waals surface area contributed by atoms with E-state index in [1.165, 1.54) is 6.42 Å². The lowest BCUT2D eigenvalue weighted by atomic mass is 9.67.